The number of hydrogen-bond donors (Lipinski definition) is 2. The Morgan fingerprint density at radius 2 is 2.06 bits per heavy atom. The highest BCUT2D eigenvalue weighted by molar-refractivity contribution is 5.85. The van der Waals surface area contributed by atoms with Crippen molar-refractivity contribution in [3.05, 3.63) is 0 Å². The van der Waals surface area contributed by atoms with Gasteiger partial charge >= 0.3 is 0 Å². The van der Waals surface area contributed by atoms with E-state index in [1.807, 2.05) is 0 Å². The summed E-state index contributed by atoms with van der Waals surface area (Å²) in [5, 5.41) is 2.86. The molecule has 0 saturated heterocycles. The van der Waals surface area contributed by atoms with E-state index in [0.717, 1.165) is 0 Å². The van der Waals surface area contributed by atoms with Crippen molar-refractivity contribution in [2.24, 2.45) is 5.73 Å². The number of nitrogens with one attached hydrogen (secondary N) is 1. The molecule has 1 aliphatic carbocycles. The Hall–Kier alpha value is -0.0700. The molecule has 0 aliphatic heterocycles. The van der Waals surface area contributed by atoms with E-state index in [1.54, 1.807) is 0 Å². The number of nitrogens with two attached hydrogens (primary N) is 1. The summed E-state index contributed by atoms with van der Waals surface area (Å²) < 4.78 is 4.96. The molecule has 2 atom stereocenters. The number of likely N-dealkylation sites (N-methyl/N-ethyl adjacent to an activating group) is 1. The molecular formula is C11H25Cl2N3O2. The smallest absolute Gasteiger partial charge is 0.250 e. The van der Waals surface area contributed by atoms with Crippen LogP contribution in [0.4, 0.5) is 0 Å². The van der Waals surface area contributed by atoms with Gasteiger partial charge in [-0.15, -0.1) is 24.8 Å². The summed E-state index contributed by atoms with van der Waals surface area (Å²) in [5.41, 5.74) is 5.41. The number of carbonyl (C=O) groups excluding carboxylic acids is 1. The van der Waals surface area contributed by atoms with Gasteiger partial charge in [0.2, 0.25) is 5.91 Å². The molecule has 5 nitrogen and oxygen atoms in total. The number of amides is 1. The van der Waals surface area contributed by atoms with Crippen LogP contribution in [0.1, 0.15) is 19.8 Å². The lowest BCUT2D eigenvalue weighted by molar-refractivity contribution is -0.130. The molecular weight excluding hydrogens is 277 g/mol. The SMILES string of the molecule is COC(CN)C(=O)NCC(C)N(C)C1CC1.Cl.Cl. The van der Waals surface area contributed by atoms with E-state index in [-0.39, 0.29) is 37.3 Å². The van der Waals surface area contributed by atoms with Crippen LogP contribution in [-0.4, -0.2) is 56.2 Å². The van der Waals surface area contributed by atoms with Crippen LogP contribution in [0, 0.1) is 0 Å². The Morgan fingerprint density at radius 1 is 1.50 bits per heavy atom. The first kappa shape index (κ1) is 20.3. The lowest BCUT2D eigenvalue weighted by Gasteiger charge is -2.25. The number of nitrogens with zero attached hydrogens (tertiary/aromatic N) is 1. The average molecular weight is 302 g/mol. The van der Waals surface area contributed by atoms with Gasteiger partial charge in [0.1, 0.15) is 6.10 Å². The Kier molecular flexibility index (Phi) is 11.0. The number of methoxy groups -OCH3 is 1. The van der Waals surface area contributed by atoms with Gasteiger partial charge in [-0.05, 0) is 26.8 Å². The maximum atomic E-state index is 11.6. The van der Waals surface area contributed by atoms with Crippen LogP contribution < -0.4 is 11.1 Å². The Morgan fingerprint density at radius 3 is 2.44 bits per heavy atom. The van der Waals surface area contributed by atoms with Gasteiger partial charge in [0.25, 0.3) is 0 Å². The van der Waals surface area contributed by atoms with Crippen LogP contribution in [0.2, 0.25) is 0 Å². The number of carbonyl (C=O) groups is 1. The third-order valence-electron chi connectivity index (χ3n) is 3.18. The van der Waals surface area contributed by atoms with Crippen LogP contribution in [-0.2, 0) is 9.53 Å². The van der Waals surface area contributed by atoms with Crippen molar-refractivity contribution in [2.45, 2.75) is 38.0 Å². The fraction of sp³-hybridized carbons (Fsp3) is 0.909. The lowest BCUT2D eigenvalue weighted by atomic mass is 10.2. The van der Waals surface area contributed by atoms with E-state index in [0.29, 0.717) is 18.6 Å². The van der Waals surface area contributed by atoms with E-state index in [4.69, 9.17) is 10.5 Å². The average Bonchev–Trinajstić information content (AvgIpc) is 3.10. The van der Waals surface area contributed by atoms with E-state index < -0.39 is 6.10 Å². The summed E-state index contributed by atoms with van der Waals surface area (Å²) in [7, 11) is 3.60. The van der Waals surface area contributed by atoms with E-state index >= 15 is 0 Å². The third-order valence-corrected chi connectivity index (χ3v) is 3.18. The van der Waals surface area contributed by atoms with Crippen molar-refractivity contribution >= 4 is 30.7 Å². The Labute approximate surface area is 122 Å². The van der Waals surface area contributed by atoms with Gasteiger partial charge in [0, 0.05) is 32.3 Å². The monoisotopic (exact) mass is 301 g/mol. The molecule has 0 aromatic rings. The molecule has 1 aliphatic rings. The number of ether oxygens (including phenoxy) is 1. The normalized spacial score (nSPS) is 17.4. The standard InChI is InChI=1S/C11H23N3O2.2ClH/c1-8(14(2)9-4-5-9)7-13-11(15)10(6-12)16-3;;/h8-10H,4-7,12H2,1-3H3,(H,13,15);2*1H. The van der Waals surface area contributed by atoms with Crippen LogP contribution in [0.15, 0.2) is 0 Å². The van der Waals surface area contributed by atoms with Gasteiger partial charge in [-0.1, -0.05) is 0 Å². The maximum Gasteiger partial charge on any atom is 0.250 e. The quantitative estimate of drug-likeness (QED) is 0.714. The minimum atomic E-state index is -0.529. The van der Waals surface area contributed by atoms with Gasteiger partial charge in [-0.2, -0.15) is 0 Å². The Bertz CT molecular complexity index is 236. The van der Waals surface area contributed by atoms with Crippen molar-refractivity contribution in [1.82, 2.24) is 10.2 Å². The largest absolute Gasteiger partial charge is 0.370 e. The maximum absolute atomic E-state index is 11.6. The third kappa shape index (κ3) is 6.20. The summed E-state index contributed by atoms with van der Waals surface area (Å²) in [5.74, 6) is -0.124. The zero-order chi connectivity index (χ0) is 12.1. The molecule has 2 unspecified atom stereocenters. The molecule has 18 heavy (non-hydrogen) atoms. The fourth-order valence-corrected chi connectivity index (χ4v) is 1.66. The lowest BCUT2D eigenvalue weighted by Crippen LogP contribution is -2.46. The first-order valence-electron chi connectivity index (χ1n) is 5.82. The van der Waals surface area contributed by atoms with E-state index in [2.05, 4.69) is 24.2 Å². The summed E-state index contributed by atoms with van der Waals surface area (Å²) in [4.78, 5) is 13.9. The molecule has 1 fully saturated rings. The molecule has 0 spiro atoms. The predicted octanol–water partition coefficient (Wildman–Crippen LogP) is 0.403. The van der Waals surface area contributed by atoms with Crippen molar-refractivity contribution in [3.63, 3.8) is 0 Å². The fourth-order valence-electron chi connectivity index (χ4n) is 1.66. The minimum absolute atomic E-state index is 0. The first-order chi connectivity index (χ1) is 7.60. The summed E-state index contributed by atoms with van der Waals surface area (Å²) in [6.07, 6.45) is 2.02. The van der Waals surface area contributed by atoms with Crippen molar-refractivity contribution in [1.29, 1.82) is 0 Å². The van der Waals surface area contributed by atoms with Crippen molar-refractivity contribution in [2.75, 3.05) is 27.2 Å². The molecule has 3 N–H and O–H groups in total. The molecule has 0 heterocycles. The van der Waals surface area contributed by atoms with Gasteiger partial charge in [0.15, 0.2) is 0 Å². The van der Waals surface area contributed by atoms with Crippen LogP contribution in [0.3, 0.4) is 0 Å². The zero-order valence-corrected chi connectivity index (χ0v) is 12.9. The van der Waals surface area contributed by atoms with Crippen molar-refractivity contribution in [3.8, 4) is 0 Å². The van der Waals surface area contributed by atoms with Gasteiger partial charge in [-0.3, -0.25) is 9.69 Å². The molecule has 1 amide bonds. The minimum Gasteiger partial charge on any atom is -0.370 e. The van der Waals surface area contributed by atoms with Crippen molar-refractivity contribution < 1.29 is 9.53 Å². The summed E-state index contributed by atoms with van der Waals surface area (Å²) in [6, 6.07) is 1.06. The molecule has 0 aromatic heterocycles. The molecule has 1 rings (SSSR count). The van der Waals surface area contributed by atoms with Gasteiger partial charge in [0.05, 0.1) is 0 Å². The van der Waals surface area contributed by atoms with Crippen LogP contribution >= 0.6 is 24.8 Å². The molecule has 110 valence electrons. The van der Waals surface area contributed by atoms with Crippen LogP contribution in [0.5, 0.6) is 0 Å². The van der Waals surface area contributed by atoms with Crippen LogP contribution in [0.25, 0.3) is 0 Å². The summed E-state index contributed by atoms with van der Waals surface area (Å²) in [6.45, 7) is 2.98. The zero-order valence-electron chi connectivity index (χ0n) is 11.2. The van der Waals surface area contributed by atoms with E-state index in [1.165, 1.54) is 20.0 Å². The number of hydrogen-bond acceptors (Lipinski definition) is 4. The molecule has 1 saturated carbocycles. The summed E-state index contributed by atoms with van der Waals surface area (Å²) >= 11 is 0. The van der Waals surface area contributed by atoms with Gasteiger partial charge < -0.3 is 15.8 Å². The Balaban J connectivity index is 0. The second-order valence-electron chi connectivity index (χ2n) is 4.45. The first-order valence-corrected chi connectivity index (χ1v) is 5.82. The number of rotatable bonds is 7. The highest BCUT2D eigenvalue weighted by Gasteiger charge is 2.29. The van der Waals surface area contributed by atoms with Gasteiger partial charge in [-0.25, -0.2) is 0 Å². The number of halogens is 2. The molecule has 0 bridgehead atoms. The topological polar surface area (TPSA) is 67.6 Å². The second-order valence-corrected chi connectivity index (χ2v) is 4.45. The molecule has 7 heteroatoms. The predicted molar refractivity (Wildman–Crippen MR) is 77.6 cm³/mol. The second kappa shape index (κ2) is 9.81. The molecule has 0 aromatic carbocycles. The van der Waals surface area contributed by atoms with E-state index in [9.17, 15) is 4.79 Å². The highest BCUT2D eigenvalue weighted by Crippen LogP contribution is 2.26. The molecule has 0 radical (unpaired) electrons. The highest BCUT2D eigenvalue weighted by atomic mass is 35.5.